The number of fused-ring (bicyclic) bond motifs is 2. The summed E-state index contributed by atoms with van der Waals surface area (Å²) in [6.45, 7) is 1.47. The Labute approximate surface area is 218 Å². The second-order valence-corrected chi connectivity index (χ2v) is 11.2. The standard InChI is InChI=1S/C26H32F3N5O2S/c1-33-22-14-18(4-5-19(22)15-30-33)24(35)31-20-6-2-17(3-7-20)8-11-34-12-9-21-23(10-13-34)37-25(32-21)36-16-26(27,28)29/h4-5,14-15,17,20H,2-3,6-13,16H2,1H3,(H,31,35)/t17-,20-. The molecule has 1 saturated carbocycles. The van der Waals surface area contributed by atoms with Crippen LogP contribution >= 0.6 is 11.3 Å². The second kappa shape index (κ2) is 11.0. The molecular formula is C26H32F3N5O2S. The highest BCUT2D eigenvalue weighted by Crippen LogP contribution is 2.31. The van der Waals surface area contributed by atoms with Crippen molar-refractivity contribution in [1.82, 2.24) is 25.0 Å². The highest BCUT2D eigenvalue weighted by atomic mass is 32.1. The van der Waals surface area contributed by atoms with Crippen molar-refractivity contribution in [2.24, 2.45) is 13.0 Å². The van der Waals surface area contributed by atoms with Crippen LogP contribution in [0, 0.1) is 5.92 Å². The van der Waals surface area contributed by atoms with Gasteiger partial charge in [-0.15, -0.1) is 0 Å². The number of benzene rings is 1. The van der Waals surface area contributed by atoms with Crippen molar-refractivity contribution in [3.63, 3.8) is 0 Å². The monoisotopic (exact) mass is 535 g/mol. The van der Waals surface area contributed by atoms with Gasteiger partial charge in [-0.3, -0.25) is 9.48 Å². The van der Waals surface area contributed by atoms with Crippen molar-refractivity contribution in [3.8, 4) is 5.19 Å². The van der Waals surface area contributed by atoms with Gasteiger partial charge in [-0.05, 0) is 63.1 Å². The average molecular weight is 536 g/mol. The number of nitrogens with zero attached hydrogens (tertiary/aromatic N) is 4. The Morgan fingerprint density at radius 3 is 2.76 bits per heavy atom. The minimum absolute atomic E-state index is 0.0239. The molecule has 1 aliphatic carbocycles. The lowest BCUT2D eigenvalue weighted by molar-refractivity contribution is -0.153. The lowest BCUT2D eigenvalue weighted by Crippen LogP contribution is -2.38. The zero-order chi connectivity index (χ0) is 26.0. The first-order chi connectivity index (χ1) is 17.7. The molecule has 1 fully saturated rings. The molecule has 0 radical (unpaired) electrons. The number of carbonyl (C=O) groups excluding carboxylic acids is 1. The van der Waals surface area contributed by atoms with Crippen molar-refractivity contribution in [2.75, 3.05) is 26.2 Å². The van der Waals surface area contributed by atoms with Crippen molar-refractivity contribution in [3.05, 3.63) is 40.5 Å². The number of ether oxygens (including phenoxy) is 1. The zero-order valence-corrected chi connectivity index (χ0v) is 21.7. The molecule has 3 aromatic rings. The molecule has 11 heteroatoms. The van der Waals surface area contributed by atoms with E-state index < -0.39 is 12.8 Å². The average Bonchev–Trinajstić information content (AvgIpc) is 3.39. The Hall–Kier alpha value is -2.66. The van der Waals surface area contributed by atoms with Crippen LogP contribution in [0.2, 0.25) is 0 Å². The highest BCUT2D eigenvalue weighted by molar-refractivity contribution is 7.13. The minimum atomic E-state index is -4.35. The summed E-state index contributed by atoms with van der Waals surface area (Å²) >= 11 is 1.24. The summed E-state index contributed by atoms with van der Waals surface area (Å²) in [7, 11) is 1.88. The number of nitrogens with one attached hydrogen (secondary N) is 1. The van der Waals surface area contributed by atoms with E-state index in [0.717, 1.165) is 86.1 Å². The summed E-state index contributed by atoms with van der Waals surface area (Å²) in [5, 5.41) is 8.60. The number of hydrogen-bond acceptors (Lipinski definition) is 6. The van der Waals surface area contributed by atoms with E-state index in [0.29, 0.717) is 11.5 Å². The number of aryl methyl sites for hydroxylation is 1. The summed E-state index contributed by atoms with van der Waals surface area (Å²) in [4.78, 5) is 20.6. The van der Waals surface area contributed by atoms with Crippen LogP contribution in [-0.4, -0.2) is 64.0 Å². The fourth-order valence-electron chi connectivity index (χ4n) is 5.33. The van der Waals surface area contributed by atoms with Gasteiger partial charge in [-0.25, -0.2) is 4.98 Å². The first-order valence-corrected chi connectivity index (χ1v) is 13.7. The largest absolute Gasteiger partial charge is 0.460 e. The Morgan fingerprint density at radius 2 is 1.97 bits per heavy atom. The second-order valence-electron chi connectivity index (χ2n) is 10.1. The number of aromatic nitrogens is 3. The van der Waals surface area contributed by atoms with E-state index in [9.17, 15) is 18.0 Å². The first-order valence-electron chi connectivity index (χ1n) is 12.9. The van der Waals surface area contributed by atoms with E-state index in [1.807, 2.05) is 25.2 Å². The summed E-state index contributed by atoms with van der Waals surface area (Å²) in [6, 6.07) is 5.90. The molecule has 0 atom stereocenters. The number of hydrogen-bond donors (Lipinski definition) is 1. The molecule has 5 rings (SSSR count). The zero-order valence-electron chi connectivity index (χ0n) is 20.9. The van der Waals surface area contributed by atoms with E-state index in [2.05, 4.69) is 20.3 Å². The van der Waals surface area contributed by atoms with Gasteiger partial charge in [-0.1, -0.05) is 17.4 Å². The van der Waals surface area contributed by atoms with Crippen LogP contribution < -0.4 is 10.1 Å². The lowest BCUT2D eigenvalue weighted by Gasteiger charge is -2.30. The Bertz CT molecular complexity index is 1210. The number of thiazole rings is 1. The van der Waals surface area contributed by atoms with Gasteiger partial charge in [0.2, 0.25) is 0 Å². The molecule has 2 aromatic heterocycles. The normalized spacial score (nSPS) is 21.0. The topological polar surface area (TPSA) is 72.3 Å². The van der Waals surface area contributed by atoms with Gasteiger partial charge < -0.3 is 15.0 Å². The van der Waals surface area contributed by atoms with E-state index in [-0.39, 0.29) is 17.1 Å². The van der Waals surface area contributed by atoms with Gasteiger partial charge in [0, 0.05) is 48.4 Å². The fraction of sp³-hybridized carbons (Fsp3) is 0.577. The number of alkyl halides is 3. The van der Waals surface area contributed by atoms with Crippen molar-refractivity contribution in [1.29, 1.82) is 0 Å². The van der Waals surface area contributed by atoms with E-state index in [1.54, 1.807) is 10.9 Å². The van der Waals surface area contributed by atoms with Crippen LogP contribution in [0.25, 0.3) is 10.9 Å². The third kappa shape index (κ3) is 6.62. The molecule has 0 saturated heterocycles. The van der Waals surface area contributed by atoms with Crippen molar-refractivity contribution >= 4 is 28.1 Å². The summed E-state index contributed by atoms with van der Waals surface area (Å²) in [5.41, 5.74) is 2.50. The van der Waals surface area contributed by atoms with Crippen LogP contribution in [0.1, 0.15) is 53.0 Å². The molecule has 1 aliphatic heterocycles. The molecule has 1 amide bonds. The Kier molecular flexibility index (Phi) is 7.71. The summed E-state index contributed by atoms with van der Waals surface area (Å²) in [5.74, 6) is 0.626. The molecule has 1 aromatic carbocycles. The van der Waals surface area contributed by atoms with E-state index >= 15 is 0 Å². The number of amides is 1. The maximum absolute atomic E-state index is 12.8. The quantitative estimate of drug-likeness (QED) is 0.473. The van der Waals surface area contributed by atoms with Crippen LogP contribution in [0.4, 0.5) is 13.2 Å². The Balaban J connectivity index is 1.03. The molecule has 1 N–H and O–H groups in total. The predicted molar refractivity (Wildman–Crippen MR) is 136 cm³/mol. The fourth-order valence-corrected chi connectivity index (χ4v) is 6.27. The predicted octanol–water partition coefficient (Wildman–Crippen LogP) is 4.75. The van der Waals surface area contributed by atoms with Gasteiger partial charge in [-0.2, -0.15) is 18.3 Å². The first kappa shape index (κ1) is 26.0. The van der Waals surface area contributed by atoms with Crippen molar-refractivity contribution < 1.29 is 22.7 Å². The maximum atomic E-state index is 12.8. The third-order valence-electron chi connectivity index (χ3n) is 7.48. The number of carbonyl (C=O) groups is 1. The van der Waals surface area contributed by atoms with Crippen molar-refractivity contribution in [2.45, 2.75) is 57.2 Å². The molecule has 0 bridgehead atoms. The van der Waals surface area contributed by atoms with Crippen LogP contribution in [0.15, 0.2) is 24.4 Å². The number of halogens is 3. The summed E-state index contributed by atoms with van der Waals surface area (Å²) < 4.78 is 43.8. The SMILES string of the molecule is Cn1ncc2ccc(C(=O)N[C@H]3CC[C@H](CCN4CCc5nc(OCC(F)(F)F)sc5CC4)CC3)cc21. The third-order valence-corrected chi connectivity index (χ3v) is 8.55. The molecule has 2 aliphatic rings. The van der Waals surface area contributed by atoms with Gasteiger partial charge in [0.05, 0.1) is 17.4 Å². The van der Waals surface area contributed by atoms with Crippen LogP contribution in [0.5, 0.6) is 5.19 Å². The van der Waals surface area contributed by atoms with Crippen LogP contribution in [-0.2, 0) is 19.9 Å². The maximum Gasteiger partial charge on any atom is 0.422 e. The molecule has 0 unspecified atom stereocenters. The van der Waals surface area contributed by atoms with Gasteiger partial charge in [0.25, 0.3) is 11.1 Å². The molecular weight excluding hydrogens is 503 g/mol. The lowest BCUT2D eigenvalue weighted by atomic mass is 9.84. The minimum Gasteiger partial charge on any atom is -0.460 e. The molecule has 200 valence electrons. The van der Waals surface area contributed by atoms with Gasteiger partial charge in [0.15, 0.2) is 6.61 Å². The number of rotatable bonds is 7. The molecule has 7 nitrogen and oxygen atoms in total. The van der Waals surface area contributed by atoms with E-state index in [1.165, 1.54) is 11.3 Å². The summed E-state index contributed by atoms with van der Waals surface area (Å²) in [6.07, 6.45) is 4.31. The molecule has 3 heterocycles. The smallest absolute Gasteiger partial charge is 0.422 e. The van der Waals surface area contributed by atoms with E-state index in [4.69, 9.17) is 4.74 Å². The molecule has 37 heavy (non-hydrogen) atoms. The molecule has 0 spiro atoms. The van der Waals surface area contributed by atoms with Crippen LogP contribution in [0.3, 0.4) is 0 Å². The Morgan fingerprint density at radius 1 is 1.19 bits per heavy atom. The van der Waals surface area contributed by atoms with Gasteiger partial charge >= 0.3 is 6.18 Å². The highest BCUT2D eigenvalue weighted by Gasteiger charge is 2.30. The van der Waals surface area contributed by atoms with Gasteiger partial charge in [0.1, 0.15) is 0 Å².